The third-order valence-corrected chi connectivity index (χ3v) is 4.56. The Labute approximate surface area is 130 Å². The van der Waals surface area contributed by atoms with Gasteiger partial charge < -0.3 is 10.2 Å². The standard InChI is InChI=1S/C19H32N2/c1-5-21(18-8-6-7-9-18)19-11-10-17(12-16(19)4)14-20-13-15(2)3/h10-12,15,18,20H,5-9,13-14H2,1-4H3. The van der Waals surface area contributed by atoms with Crippen LogP contribution in [0.4, 0.5) is 5.69 Å². The minimum absolute atomic E-state index is 0.711. The number of aryl methyl sites for hydroxylation is 1. The summed E-state index contributed by atoms with van der Waals surface area (Å²) in [6, 6.07) is 7.76. The topological polar surface area (TPSA) is 15.3 Å². The molecule has 1 aliphatic carbocycles. The van der Waals surface area contributed by atoms with Crippen LogP contribution in [0.3, 0.4) is 0 Å². The zero-order chi connectivity index (χ0) is 15.2. The van der Waals surface area contributed by atoms with Crippen molar-refractivity contribution in [3.8, 4) is 0 Å². The highest BCUT2D eigenvalue weighted by Crippen LogP contribution is 2.30. The van der Waals surface area contributed by atoms with Gasteiger partial charge in [-0.1, -0.05) is 38.8 Å². The molecule has 2 heteroatoms. The fourth-order valence-corrected chi connectivity index (χ4v) is 3.50. The van der Waals surface area contributed by atoms with E-state index >= 15 is 0 Å². The normalized spacial score (nSPS) is 15.9. The minimum atomic E-state index is 0.711. The van der Waals surface area contributed by atoms with Gasteiger partial charge in [-0.25, -0.2) is 0 Å². The molecule has 1 N–H and O–H groups in total. The van der Waals surface area contributed by atoms with Crippen molar-refractivity contribution < 1.29 is 0 Å². The first kappa shape index (κ1) is 16.4. The summed E-state index contributed by atoms with van der Waals surface area (Å²) < 4.78 is 0. The minimum Gasteiger partial charge on any atom is -0.369 e. The van der Waals surface area contributed by atoms with Gasteiger partial charge in [0.2, 0.25) is 0 Å². The lowest BCUT2D eigenvalue weighted by molar-refractivity contribution is 0.552. The molecule has 0 spiro atoms. The van der Waals surface area contributed by atoms with E-state index in [1.807, 2.05) is 0 Å². The molecule has 2 rings (SSSR count). The van der Waals surface area contributed by atoms with Gasteiger partial charge in [0.25, 0.3) is 0 Å². The molecule has 0 aromatic heterocycles. The van der Waals surface area contributed by atoms with Crippen molar-refractivity contribution in [2.45, 2.75) is 66.0 Å². The number of rotatable bonds is 7. The van der Waals surface area contributed by atoms with Crippen LogP contribution >= 0.6 is 0 Å². The highest BCUT2D eigenvalue weighted by molar-refractivity contribution is 5.55. The molecule has 0 amide bonds. The van der Waals surface area contributed by atoms with Gasteiger partial charge in [0.1, 0.15) is 0 Å². The highest BCUT2D eigenvalue weighted by atomic mass is 15.2. The maximum Gasteiger partial charge on any atom is 0.0398 e. The Bertz CT molecular complexity index is 433. The number of nitrogens with one attached hydrogen (secondary N) is 1. The van der Waals surface area contributed by atoms with Crippen LogP contribution in [0.25, 0.3) is 0 Å². The Balaban J connectivity index is 2.03. The van der Waals surface area contributed by atoms with Crippen LogP contribution in [-0.4, -0.2) is 19.1 Å². The summed E-state index contributed by atoms with van der Waals surface area (Å²) in [5, 5.41) is 3.53. The van der Waals surface area contributed by atoms with E-state index in [9.17, 15) is 0 Å². The lowest BCUT2D eigenvalue weighted by Gasteiger charge is -2.31. The molecule has 1 aromatic carbocycles. The van der Waals surface area contributed by atoms with E-state index in [0.29, 0.717) is 5.92 Å². The van der Waals surface area contributed by atoms with Crippen molar-refractivity contribution in [1.82, 2.24) is 5.32 Å². The first-order chi connectivity index (χ1) is 10.1. The lowest BCUT2D eigenvalue weighted by atomic mass is 10.1. The molecule has 1 saturated carbocycles. The maximum absolute atomic E-state index is 3.53. The first-order valence-corrected chi connectivity index (χ1v) is 8.68. The van der Waals surface area contributed by atoms with Gasteiger partial charge in [0, 0.05) is 24.8 Å². The molecule has 0 bridgehead atoms. The van der Waals surface area contributed by atoms with E-state index < -0.39 is 0 Å². The molecule has 1 fully saturated rings. The SMILES string of the molecule is CCN(c1ccc(CNCC(C)C)cc1C)C1CCCC1. The summed E-state index contributed by atoms with van der Waals surface area (Å²) in [6.07, 6.45) is 5.53. The zero-order valence-corrected chi connectivity index (χ0v) is 14.3. The lowest BCUT2D eigenvalue weighted by Crippen LogP contribution is -2.33. The third kappa shape index (κ3) is 4.47. The Morgan fingerprint density at radius 1 is 1.24 bits per heavy atom. The van der Waals surface area contributed by atoms with Crippen LogP contribution in [0.1, 0.15) is 57.6 Å². The van der Waals surface area contributed by atoms with Gasteiger partial charge >= 0.3 is 0 Å². The molecule has 0 radical (unpaired) electrons. The first-order valence-electron chi connectivity index (χ1n) is 8.68. The quantitative estimate of drug-likeness (QED) is 0.794. The van der Waals surface area contributed by atoms with E-state index in [2.05, 4.69) is 56.1 Å². The summed E-state index contributed by atoms with van der Waals surface area (Å²) in [5.41, 5.74) is 4.27. The molecule has 0 atom stereocenters. The van der Waals surface area contributed by atoms with Crippen molar-refractivity contribution in [2.24, 2.45) is 5.92 Å². The molecule has 118 valence electrons. The zero-order valence-electron chi connectivity index (χ0n) is 14.3. The van der Waals surface area contributed by atoms with Crippen LogP contribution < -0.4 is 10.2 Å². The average molecular weight is 288 g/mol. The van der Waals surface area contributed by atoms with Gasteiger partial charge in [0.15, 0.2) is 0 Å². The predicted octanol–water partition coefficient (Wildman–Crippen LogP) is 4.51. The summed E-state index contributed by atoms with van der Waals surface area (Å²) in [6.45, 7) is 12.2. The molecule has 0 heterocycles. The van der Waals surface area contributed by atoms with Gasteiger partial charge in [0.05, 0.1) is 0 Å². The van der Waals surface area contributed by atoms with Crippen molar-refractivity contribution in [3.63, 3.8) is 0 Å². The van der Waals surface area contributed by atoms with Crippen LogP contribution in [0.2, 0.25) is 0 Å². The molecular formula is C19H32N2. The van der Waals surface area contributed by atoms with E-state index in [-0.39, 0.29) is 0 Å². The van der Waals surface area contributed by atoms with Crippen molar-refractivity contribution in [1.29, 1.82) is 0 Å². The van der Waals surface area contributed by atoms with Crippen molar-refractivity contribution in [2.75, 3.05) is 18.0 Å². The molecule has 0 saturated heterocycles. The molecular weight excluding hydrogens is 256 g/mol. The molecule has 21 heavy (non-hydrogen) atoms. The van der Waals surface area contributed by atoms with Crippen molar-refractivity contribution in [3.05, 3.63) is 29.3 Å². The van der Waals surface area contributed by atoms with Crippen LogP contribution in [0, 0.1) is 12.8 Å². The van der Waals surface area contributed by atoms with Gasteiger partial charge in [-0.05, 0) is 56.3 Å². The average Bonchev–Trinajstić information content (AvgIpc) is 2.95. The monoisotopic (exact) mass is 288 g/mol. The molecule has 1 aliphatic rings. The molecule has 0 aliphatic heterocycles. The number of hydrogen-bond acceptors (Lipinski definition) is 2. The van der Waals surface area contributed by atoms with E-state index in [1.54, 1.807) is 0 Å². The van der Waals surface area contributed by atoms with Crippen LogP contribution in [-0.2, 0) is 6.54 Å². The molecule has 1 aromatic rings. The second kappa shape index (κ2) is 7.84. The Morgan fingerprint density at radius 2 is 1.95 bits per heavy atom. The summed E-state index contributed by atoms with van der Waals surface area (Å²) >= 11 is 0. The van der Waals surface area contributed by atoms with E-state index in [0.717, 1.165) is 25.7 Å². The molecule has 2 nitrogen and oxygen atoms in total. The summed E-state index contributed by atoms with van der Waals surface area (Å²) in [4.78, 5) is 2.62. The van der Waals surface area contributed by atoms with E-state index in [1.165, 1.54) is 42.5 Å². The number of benzene rings is 1. The Morgan fingerprint density at radius 3 is 2.52 bits per heavy atom. The van der Waals surface area contributed by atoms with E-state index in [4.69, 9.17) is 0 Å². The van der Waals surface area contributed by atoms with Crippen LogP contribution in [0.5, 0.6) is 0 Å². The third-order valence-electron chi connectivity index (χ3n) is 4.56. The second-order valence-electron chi connectivity index (χ2n) is 6.87. The fourth-order valence-electron chi connectivity index (χ4n) is 3.50. The maximum atomic E-state index is 3.53. The Kier molecular flexibility index (Phi) is 6.10. The largest absolute Gasteiger partial charge is 0.369 e. The Hall–Kier alpha value is -1.02. The smallest absolute Gasteiger partial charge is 0.0398 e. The van der Waals surface area contributed by atoms with Crippen LogP contribution in [0.15, 0.2) is 18.2 Å². The fraction of sp³-hybridized carbons (Fsp3) is 0.684. The van der Waals surface area contributed by atoms with Gasteiger partial charge in [-0.15, -0.1) is 0 Å². The van der Waals surface area contributed by atoms with Crippen molar-refractivity contribution >= 4 is 5.69 Å². The second-order valence-corrected chi connectivity index (χ2v) is 6.87. The number of nitrogens with zero attached hydrogens (tertiary/aromatic N) is 1. The predicted molar refractivity (Wildman–Crippen MR) is 93.0 cm³/mol. The molecule has 0 unspecified atom stereocenters. The van der Waals surface area contributed by atoms with Gasteiger partial charge in [-0.2, -0.15) is 0 Å². The summed E-state index contributed by atoms with van der Waals surface area (Å²) in [7, 11) is 0. The summed E-state index contributed by atoms with van der Waals surface area (Å²) in [5.74, 6) is 0.711. The van der Waals surface area contributed by atoms with Gasteiger partial charge in [-0.3, -0.25) is 0 Å². The number of hydrogen-bond donors (Lipinski definition) is 1. The highest BCUT2D eigenvalue weighted by Gasteiger charge is 2.22. The number of anilines is 1.